The van der Waals surface area contributed by atoms with Crippen LogP contribution in [0.1, 0.15) is 6.42 Å². The number of sulfone groups is 1. The van der Waals surface area contributed by atoms with Crippen molar-refractivity contribution >= 4 is 21.4 Å². The predicted molar refractivity (Wildman–Crippen MR) is 74.0 cm³/mol. The average Bonchev–Trinajstić information content (AvgIpc) is 2.76. The van der Waals surface area contributed by atoms with Gasteiger partial charge in [-0.1, -0.05) is 17.2 Å². The number of carbonyl (C=O) groups excluding carboxylic acids is 1. The average molecular weight is 294 g/mol. The molecule has 2 rings (SSSR count). The number of hydrogen-bond acceptors (Lipinski definition) is 4. The van der Waals surface area contributed by atoms with E-state index in [0.717, 1.165) is 6.26 Å². The summed E-state index contributed by atoms with van der Waals surface area (Å²) in [4.78, 5) is 16.3. The first-order chi connectivity index (χ1) is 9.43. The van der Waals surface area contributed by atoms with Crippen LogP contribution >= 0.6 is 0 Å². The van der Waals surface area contributed by atoms with Crippen LogP contribution in [0.25, 0.3) is 10.4 Å². The number of amides is 1. The molecular formula is C12H14N4O3S. The molecule has 8 heteroatoms. The highest BCUT2D eigenvalue weighted by atomic mass is 32.2. The Morgan fingerprint density at radius 3 is 2.80 bits per heavy atom. The van der Waals surface area contributed by atoms with Crippen molar-refractivity contribution in [3.8, 4) is 0 Å². The van der Waals surface area contributed by atoms with Gasteiger partial charge in [0, 0.05) is 30.7 Å². The van der Waals surface area contributed by atoms with E-state index in [1.165, 1.54) is 11.0 Å². The summed E-state index contributed by atoms with van der Waals surface area (Å²) in [6.07, 6.45) is 1.38. The summed E-state index contributed by atoms with van der Waals surface area (Å²) in [5.41, 5.74) is 8.70. The maximum Gasteiger partial charge on any atom is 0.227 e. The minimum Gasteiger partial charge on any atom is -0.311 e. The van der Waals surface area contributed by atoms with E-state index < -0.39 is 9.84 Å². The van der Waals surface area contributed by atoms with Gasteiger partial charge < -0.3 is 4.90 Å². The van der Waals surface area contributed by atoms with Crippen molar-refractivity contribution in [2.45, 2.75) is 11.3 Å². The van der Waals surface area contributed by atoms with Crippen LogP contribution < -0.4 is 4.90 Å². The van der Waals surface area contributed by atoms with Crippen molar-refractivity contribution in [3.05, 3.63) is 34.7 Å². The van der Waals surface area contributed by atoms with Crippen molar-refractivity contribution in [3.63, 3.8) is 0 Å². The second-order valence-corrected chi connectivity index (χ2v) is 6.71. The quantitative estimate of drug-likeness (QED) is 0.480. The molecule has 1 heterocycles. The molecule has 0 bridgehead atoms. The molecule has 0 aromatic heterocycles. The molecule has 20 heavy (non-hydrogen) atoms. The van der Waals surface area contributed by atoms with Crippen LogP contribution in [-0.4, -0.2) is 33.7 Å². The van der Waals surface area contributed by atoms with Crippen LogP contribution in [0.3, 0.4) is 0 Å². The second-order valence-electron chi connectivity index (χ2n) is 4.73. The van der Waals surface area contributed by atoms with Crippen LogP contribution in [0.15, 0.2) is 34.3 Å². The molecule has 106 valence electrons. The van der Waals surface area contributed by atoms with Crippen molar-refractivity contribution in [2.24, 2.45) is 11.0 Å². The van der Waals surface area contributed by atoms with Gasteiger partial charge in [0.25, 0.3) is 0 Å². The molecule has 1 aromatic carbocycles. The number of anilines is 1. The smallest absolute Gasteiger partial charge is 0.227 e. The summed E-state index contributed by atoms with van der Waals surface area (Å²) in [5.74, 6) is -0.231. The van der Waals surface area contributed by atoms with Crippen molar-refractivity contribution in [1.82, 2.24) is 0 Å². The zero-order valence-electron chi connectivity index (χ0n) is 10.9. The van der Waals surface area contributed by atoms with Gasteiger partial charge in [-0.15, -0.1) is 0 Å². The summed E-state index contributed by atoms with van der Waals surface area (Å²) in [6, 6.07) is 6.42. The number of nitrogens with zero attached hydrogens (tertiary/aromatic N) is 4. The minimum atomic E-state index is -3.40. The third-order valence-corrected chi connectivity index (χ3v) is 4.31. The molecule has 0 aliphatic carbocycles. The molecule has 7 nitrogen and oxygen atoms in total. The minimum absolute atomic E-state index is 0.0778. The van der Waals surface area contributed by atoms with E-state index in [1.807, 2.05) is 0 Å². The third-order valence-electron chi connectivity index (χ3n) is 3.16. The first-order valence-corrected chi connectivity index (χ1v) is 7.93. The van der Waals surface area contributed by atoms with Gasteiger partial charge in [0.15, 0.2) is 9.84 Å². The van der Waals surface area contributed by atoms with E-state index in [2.05, 4.69) is 10.0 Å². The molecule has 1 fully saturated rings. The monoisotopic (exact) mass is 294 g/mol. The van der Waals surface area contributed by atoms with Crippen LogP contribution in [-0.2, 0) is 14.6 Å². The Bertz CT molecular complexity index is 680. The summed E-state index contributed by atoms with van der Waals surface area (Å²) in [6.45, 7) is 0.601. The van der Waals surface area contributed by atoms with Gasteiger partial charge in [-0.05, 0) is 23.6 Å². The lowest BCUT2D eigenvalue weighted by Crippen LogP contribution is -2.26. The maximum absolute atomic E-state index is 12.0. The van der Waals surface area contributed by atoms with Gasteiger partial charge in [0.1, 0.15) is 0 Å². The molecule has 1 saturated heterocycles. The Morgan fingerprint density at radius 2 is 2.15 bits per heavy atom. The van der Waals surface area contributed by atoms with E-state index in [4.69, 9.17) is 5.53 Å². The highest BCUT2D eigenvalue weighted by molar-refractivity contribution is 7.90. The molecule has 0 N–H and O–H groups in total. The Morgan fingerprint density at radius 1 is 1.45 bits per heavy atom. The molecular weight excluding hydrogens is 280 g/mol. The Labute approximate surface area is 116 Å². The molecule has 1 atom stereocenters. The van der Waals surface area contributed by atoms with E-state index >= 15 is 0 Å². The molecule has 1 aromatic rings. The molecule has 0 radical (unpaired) electrons. The van der Waals surface area contributed by atoms with Gasteiger partial charge in [-0.2, -0.15) is 0 Å². The van der Waals surface area contributed by atoms with Gasteiger partial charge in [0.2, 0.25) is 5.91 Å². The third kappa shape index (κ3) is 2.92. The summed E-state index contributed by atoms with van der Waals surface area (Å²) in [7, 11) is -3.40. The number of carbonyl (C=O) groups is 1. The lowest BCUT2D eigenvalue weighted by Gasteiger charge is -2.19. The molecule has 1 aliphatic heterocycles. The zero-order chi connectivity index (χ0) is 14.8. The SMILES string of the molecule is CS(=O)(=O)c1ccccc1N1CC(CN=[N+]=[N-])CC1=O. The Hall–Kier alpha value is -2.05. The van der Waals surface area contributed by atoms with E-state index in [0.29, 0.717) is 12.2 Å². The van der Waals surface area contributed by atoms with Crippen LogP contribution in [0.2, 0.25) is 0 Å². The summed E-state index contributed by atoms with van der Waals surface area (Å²) < 4.78 is 23.5. The largest absolute Gasteiger partial charge is 0.311 e. The number of rotatable bonds is 4. The number of hydrogen-bond donors (Lipinski definition) is 0. The van der Waals surface area contributed by atoms with E-state index in [-0.39, 0.29) is 29.7 Å². The van der Waals surface area contributed by atoms with Gasteiger partial charge >= 0.3 is 0 Å². The Kier molecular flexibility index (Phi) is 3.96. The fourth-order valence-electron chi connectivity index (χ4n) is 2.28. The highest BCUT2D eigenvalue weighted by Gasteiger charge is 2.32. The lowest BCUT2D eigenvalue weighted by atomic mass is 10.1. The summed E-state index contributed by atoms with van der Waals surface area (Å²) in [5, 5.41) is 3.47. The molecule has 1 unspecified atom stereocenters. The van der Waals surface area contributed by atoms with Crippen molar-refractivity contribution in [2.75, 3.05) is 24.2 Å². The highest BCUT2D eigenvalue weighted by Crippen LogP contribution is 2.30. The number of para-hydroxylation sites is 1. The summed E-state index contributed by atoms with van der Waals surface area (Å²) >= 11 is 0. The van der Waals surface area contributed by atoms with E-state index in [9.17, 15) is 13.2 Å². The van der Waals surface area contributed by atoms with Crippen LogP contribution in [0.5, 0.6) is 0 Å². The van der Waals surface area contributed by atoms with E-state index in [1.54, 1.807) is 18.2 Å². The molecule has 0 spiro atoms. The van der Waals surface area contributed by atoms with Crippen molar-refractivity contribution in [1.29, 1.82) is 0 Å². The molecule has 0 saturated carbocycles. The number of benzene rings is 1. The zero-order valence-corrected chi connectivity index (χ0v) is 11.7. The fourth-order valence-corrected chi connectivity index (χ4v) is 3.17. The fraction of sp³-hybridized carbons (Fsp3) is 0.417. The maximum atomic E-state index is 12.0. The first-order valence-electron chi connectivity index (χ1n) is 6.04. The number of azide groups is 1. The van der Waals surface area contributed by atoms with Gasteiger partial charge in [-0.25, -0.2) is 8.42 Å². The predicted octanol–water partition coefficient (Wildman–Crippen LogP) is 1.75. The van der Waals surface area contributed by atoms with Crippen molar-refractivity contribution < 1.29 is 13.2 Å². The molecule has 1 amide bonds. The Balaban J connectivity index is 2.33. The van der Waals surface area contributed by atoms with Crippen LogP contribution in [0.4, 0.5) is 5.69 Å². The van der Waals surface area contributed by atoms with Gasteiger partial charge in [-0.3, -0.25) is 4.79 Å². The van der Waals surface area contributed by atoms with Crippen LogP contribution in [0, 0.1) is 5.92 Å². The first kappa shape index (κ1) is 14.4. The standard InChI is InChI=1S/C12H14N4O3S/c1-20(18,19)11-5-3-2-4-10(11)16-8-9(6-12(16)17)7-14-15-13/h2-5,9H,6-8H2,1H3. The second kappa shape index (κ2) is 5.52. The normalized spacial score (nSPS) is 18.9. The van der Waals surface area contributed by atoms with Gasteiger partial charge in [0.05, 0.1) is 10.6 Å². The molecule has 1 aliphatic rings. The lowest BCUT2D eigenvalue weighted by molar-refractivity contribution is -0.117. The topological polar surface area (TPSA) is 103 Å².